The minimum atomic E-state index is -4.67. The maximum atomic E-state index is 14.1. The topological polar surface area (TPSA) is 91.7 Å². The van der Waals surface area contributed by atoms with Crippen LogP contribution in [0.1, 0.15) is 41.3 Å². The number of aromatic nitrogens is 1. The lowest BCUT2D eigenvalue weighted by molar-refractivity contribution is -0.137. The van der Waals surface area contributed by atoms with Crippen molar-refractivity contribution in [2.75, 3.05) is 28.2 Å². The molecule has 47 heavy (non-hydrogen) atoms. The van der Waals surface area contributed by atoms with E-state index in [2.05, 4.69) is 10.2 Å². The van der Waals surface area contributed by atoms with Gasteiger partial charge in [0, 0.05) is 35.3 Å². The van der Waals surface area contributed by atoms with E-state index in [1.807, 2.05) is 51.1 Å². The van der Waals surface area contributed by atoms with Gasteiger partial charge >= 0.3 is 11.0 Å². The average Bonchev–Trinajstić information content (AvgIpc) is 3.47. The third kappa shape index (κ3) is 6.09. The number of nitrogens with zero attached hydrogens (tertiary/aromatic N) is 3. The van der Waals surface area contributed by atoms with Gasteiger partial charge in [-0.1, -0.05) is 53.4 Å². The number of hydrogen-bond donors (Lipinski definition) is 1. The predicted molar refractivity (Wildman–Crippen MR) is 177 cm³/mol. The molecule has 0 radical (unpaired) electrons. The van der Waals surface area contributed by atoms with Crippen molar-refractivity contribution in [1.29, 1.82) is 0 Å². The monoisotopic (exact) mass is 680 g/mol. The number of imide groups is 1. The molecule has 1 aromatic heterocycles. The smallest absolute Gasteiger partial charge is 0.372 e. The van der Waals surface area contributed by atoms with Gasteiger partial charge in [0.1, 0.15) is 11.8 Å². The first-order valence-corrected chi connectivity index (χ1v) is 16.8. The van der Waals surface area contributed by atoms with E-state index in [0.717, 1.165) is 64.5 Å². The number of carbonyl (C=O) groups excluding carboxylic acids is 3. The number of thiazole rings is 1. The number of aryl methyl sites for hydroxylation is 1. The van der Waals surface area contributed by atoms with E-state index in [1.54, 1.807) is 18.2 Å². The first-order chi connectivity index (χ1) is 22.4. The van der Waals surface area contributed by atoms with Crippen LogP contribution in [-0.4, -0.2) is 40.6 Å². The van der Waals surface area contributed by atoms with Gasteiger partial charge in [-0.2, -0.15) is 13.2 Å². The number of hydrogen-bond acceptors (Lipinski definition) is 7. The summed E-state index contributed by atoms with van der Waals surface area (Å²) in [5.41, 5.74) is 2.01. The van der Waals surface area contributed by atoms with Gasteiger partial charge in [0.2, 0.25) is 17.7 Å². The molecule has 0 saturated carbocycles. The second-order valence-electron chi connectivity index (χ2n) is 11.4. The Morgan fingerprint density at radius 1 is 0.936 bits per heavy atom. The van der Waals surface area contributed by atoms with Crippen molar-refractivity contribution in [3.05, 3.63) is 104 Å². The predicted octanol–water partition coefficient (Wildman–Crippen LogP) is 6.52. The maximum Gasteiger partial charge on any atom is 0.416 e. The van der Waals surface area contributed by atoms with Gasteiger partial charge < -0.3 is 10.2 Å². The summed E-state index contributed by atoms with van der Waals surface area (Å²) in [5, 5.41) is 2.17. The maximum absolute atomic E-state index is 14.1. The highest BCUT2D eigenvalue weighted by atomic mass is 32.2. The summed E-state index contributed by atoms with van der Waals surface area (Å²) >= 11 is 1.92. The third-order valence-electron chi connectivity index (χ3n) is 8.47. The fraction of sp³-hybridized carbons (Fsp3) is 0.294. The normalized spacial score (nSPS) is 19.0. The lowest BCUT2D eigenvalue weighted by Gasteiger charge is -2.31. The van der Waals surface area contributed by atoms with E-state index in [4.69, 9.17) is 0 Å². The van der Waals surface area contributed by atoms with Crippen molar-refractivity contribution in [1.82, 2.24) is 4.57 Å². The van der Waals surface area contributed by atoms with Crippen LogP contribution in [0.4, 0.5) is 30.2 Å². The highest BCUT2D eigenvalue weighted by molar-refractivity contribution is 8.00. The first kappa shape index (κ1) is 32.6. The molecule has 3 aromatic carbocycles. The van der Waals surface area contributed by atoms with Crippen LogP contribution in [0.2, 0.25) is 0 Å². The lowest BCUT2D eigenvalue weighted by atomic mass is 9.83. The SMILES string of the molecule is CCN(CC)c1ccc([C@H]2c3sc(=O)n(CC(=O)Nc4cccc(C)c4)c3SC3C(=O)N(c4cccc(C(F)(F)F)c4)C(=O)C32)cc1. The summed E-state index contributed by atoms with van der Waals surface area (Å²) in [4.78, 5) is 57.8. The van der Waals surface area contributed by atoms with E-state index >= 15 is 0 Å². The Bertz CT molecular complexity index is 1920. The average molecular weight is 681 g/mol. The van der Waals surface area contributed by atoms with Gasteiger partial charge in [0.05, 0.1) is 22.2 Å². The van der Waals surface area contributed by atoms with Crippen LogP contribution in [0.25, 0.3) is 0 Å². The van der Waals surface area contributed by atoms with Crippen LogP contribution < -0.4 is 20.0 Å². The Kier molecular flexibility index (Phi) is 8.79. The van der Waals surface area contributed by atoms with Crippen LogP contribution in [-0.2, 0) is 27.1 Å². The molecular weight excluding hydrogens is 650 g/mol. The summed E-state index contributed by atoms with van der Waals surface area (Å²) < 4.78 is 42.1. The zero-order valence-corrected chi connectivity index (χ0v) is 27.3. The molecule has 3 atom stereocenters. The summed E-state index contributed by atoms with van der Waals surface area (Å²) in [6.07, 6.45) is -4.67. The zero-order chi connectivity index (χ0) is 33.6. The van der Waals surface area contributed by atoms with Crippen LogP contribution >= 0.6 is 23.1 Å². The molecule has 244 valence electrons. The van der Waals surface area contributed by atoms with E-state index in [-0.39, 0.29) is 12.2 Å². The molecule has 1 saturated heterocycles. The van der Waals surface area contributed by atoms with Gasteiger partial charge in [-0.05, 0) is 74.4 Å². The van der Waals surface area contributed by atoms with Gasteiger partial charge in [-0.25, -0.2) is 4.90 Å². The van der Waals surface area contributed by atoms with Crippen LogP contribution in [0, 0.1) is 12.8 Å². The number of rotatable bonds is 8. The summed E-state index contributed by atoms with van der Waals surface area (Å²) in [6, 6.07) is 18.9. The molecule has 1 N–H and O–H groups in total. The molecule has 13 heteroatoms. The summed E-state index contributed by atoms with van der Waals surface area (Å²) in [7, 11) is 0. The number of fused-ring (bicyclic) bond motifs is 2. The third-order valence-corrected chi connectivity index (χ3v) is 11.1. The van der Waals surface area contributed by atoms with Crippen molar-refractivity contribution in [3.8, 4) is 0 Å². The van der Waals surface area contributed by atoms with E-state index in [1.165, 1.54) is 16.7 Å². The number of amides is 3. The fourth-order valence-corrected chi connectivity index (χ4v) is 9.01. The molecule has 3 amide bonds. The Morgan fingerprint density at radius 2 is 1.64 bits per heavy atom. The standard InChI is InChI=1S/C34H31F3N4O4S2/c1-4-39(5-2)23-14-12-20(13-15-23)26-27-28(31(44)41(30(27)43)24-11-7-9-21(17-24)34(35,36)37)46-32-29(26)47-33(45)40(32)18-25(42)38-22-10-6-8-19(3)16-22/h6-17,26-28H,4-5,18H2,1-3H3,(H,38,42)/t26-,27?,28?/m1/s1. The molecule has 0 spiro atoms. The Morgan fingerprint density at radius 3 is 2.30 bits per heavy atom. The van der Waals surface area contributed by atoms with E-state index < -0.39 is 51.4 Å². The first-order valence-electron chi connectivity index (χ1n) is 15.1. The van der Waals surface area contributed by atoms with Crippen LogP contribution in [0.15, 0.2) is 82.6 Å². The quantitative estimate of drug-likeness (QED) is 0.213. The fourth-order valence-electron chi connectivity index (χ4n) is 6.24. The van der Waals surface area contributed by atoms with Gasteiger partial charge in [-0.15, -0.1) is 0 Å². The minimum Gasteiger partial charge on any atom is -0.372 e. The Labute approximate surface area is 277 Å². The molecule has 0 bridgehead atoms. The van der Waals surface area contributed by atoms with Crippen LogP contribution in [0.5, 0.6) is 0 Å². The zero-order valence-electron chi connectivity index (χ0n) is 25.7. The second-order valence-corrected chi connectivity index (χ2v) is 13.5. The highest BCUT2D eigenvalue weighted by Gasteiger charge is 2.57. The Hall–Kier alpha value is -4.36. The number of anilines is 3. The molecule has 1 fully saturated rings. The van der Waals surface area contributed by atoms with Gasteiger partial charge in [0.15, 0.2) is 0 Å². The van der Waals surface area contributed by atoms with Crippen molar-refractivity contribution in [2.45, 2.75) is 49.7 Å². The molecule has 3 heterocycles. The van der Waals surface area contributed by atoms with Crippen molar-refractivity contribution >= 4 is 57.9 Å². The van der Waals surface area contributed by atoms with E-state index in [9.17, 15) is 32.3 Å². The van der Waals surface area contributed by atoms with Crippen LogP contribution in [0.3, 0.4) is 0 Å². The number of halogens is 3. The highest BCUT2D eigenvalue weighted by Crippen LogP contribution is 2.54. The number of alkyl halides is 3. The molecule has 2 aliphatic heterocycles. The Balaban J connectivity index is 1.42. The second kappa shape index (κ2) is 12.7. The summed E-state index contributed by atoms with van der Waals surface area (Å²) in [5.74, 6) is -3.48. The van der Waals surface area contributed by atoms with Crippen molar-refractivity contribution < 1.29 is 27.6 Å². The molecular formula is C34H31F3N4O4S2. The number of nitrogens with one attached hydrogen (secondary N) is 1. The summed E-state index contributed by atoms with van der Waals surface area (Å²) in [6.45, 7) is 7.19. The minimum absolute atomic E-state index is 0.168. The molecule has 8 nitrogen and oxygen atoms in total. The molecule has 0 aliphatic carbocycles. The van der Waals surface area contributed by atoms with Crippen molar-refractivity contribution in [3.63, 3.8) is 0 Å². The molecule has 2 aliphatic rings. The van der Waals surface area contributed by atoms with Crippen molar-refractivity contribution in [2.24, 2.45) is 5.92 Å². The molecule has 2 unspecified atom stereocenters. The van der Waals surface area contributed by atoms with Gasteiger partial charge in [0.25, 0.3) is 0 Å². The van der Waals surface area contributed by atoms with Gasteiger partial charge in [-0.3, -0.25) is 23.7 Å². The van der Waals surface area contributed by atoms with E-state index in [0.29, 0.717) is 21.2 Å². The largest absolute Gasteiger partial charge is 0.416 e. The molecule has 6 rings (SSSR count). The molecule has 4 aromatic rings. The number of benzene rings is 3. The number of carbonyl (C=O) groups is 3. The lowest BCUT2D eigenvalue weighted by Crippen LogP contribution is -2.33. The number of thioether (sulfide) groups is 1.